The molecular formula is C4H10N2O. The van der Waals surface area contributed by atoms with Gasteiger partial charge in [-0.25, -0.2) is 0 Å². The van der Waals surface area contributed by atoms with Crippen molar-refractivity contribution in [2.45, 2.75) is 18.7 Å². The molecule has 0 aromatic heterocycles. The monoisotopic (exact) mass is 102 g/mol. The molecule has 1 saturated heterocycles. The predicted octanol–water partition coefficient (Wildman–Crippen LogP) is -1.37. The molecule has 1 unspecified atom stereocenters. The molecule has 4 N–H and O–H groups in total. The molecule has 0 aromatic carbocycles. The average molecular weight is 102 g/mol. The number of aliphatic hydroxyl groups excluding tert-OH is 1. The Kier molecular flexibility index (Phi) is 1.27. The molecule has 1 heterocycles. The topological polar surface area (TPSA) is 58.3 Å². The first-order valence-electron chi connectivity index (χ1n) is 2.46. The molecule has 3 heteroatoms. The van der Waals surface area contributed by atoms with Crippen LogP contribution < -0.4 is 11.1 Å². The fourth-order valence-electron chi connectivity index (χ4n) is 0.747. The lowest BCUT2D eigenvalue weighted by Gasteiger charge is -1.96. The lowest BCUT2D eigenvalue weighted by Crippen LogP contribution is -2.30. The van der Waals surface area contributed by atoms with E-state index in [2.05, 4.69) is 5.32 Å². The summed E-state index contributed by atoms with van der Waals surface area (Å²) < 4.78 is 0. The number of rotatable bonds is 0. The molecule has 0 spiro atoms. The highest BCUT2D eigenvalue weighted by atomic mass is 16.3. The maximum atomic E-state index is 8.76. The lowest BCUT2D eigenvalue weighted by molar-refractivity contribution is 0.193. The highest BCUT2D eigenvalue weighted by Crippen LogP contribution is 1.98. The Balaban J connectivity index is 2.26. The van der Waals surface area contributed by atoms with Gasteiger partial charge in [-0.05, 0) is 0 Å². The largest absolute Gasteiger partial charge is 0.392 e. The van der Waals surface area contributed by atoms with Crippen molar-refractivity contribution in [1.82, 2.24) is 5.32 Å². The van der Waals surface area contributed by atoms with E-state index in [1.54, 1.807) is 0 Å². The smallest absolute Gasteiger partial charge is 0.0692 e. The van der Waals surface area contributed by atoms with Crippen LogP contribution in [0.2, 0.25) is 0 Å². The van der Waals surface area contributed by atoms with Crippen molar-refractivity contribution < 1.29 is 5.11 Å². The van der Waals surface area contributed by atoms with Crippen molar-refractivity contribution >= 4 is 0 Å². The summed E-state index contributed by atoms with van der Waals surface area (Å²) >= 11 is 0. The molecular weight excluding hydrogens is 92.1 g/mol. The Morgan fingerprint density at radius 3 is 2.57 bits per heavy atom. The van der Waals surface area contributed by atoms with Gasteiger partial charge < -0.3 is 10.8 Å². The van der Waals surface area contributed by atoms with Gasteiger partial charge in [-0.1, -0.05) is 0 Å². The second kappa shape index (κ2) is 1.78. The van der Waals surface area contributed by atoms with Crippen LogP contribution >= 0.6 is 0 Å². The van der Waals surface area contributed by atoms with Crippen LogP contribution in [-0.4, -0.2) is 23.9 Å². The number of nitrogens with two attached hydrogens (primary N) is 1. The van der Waals surface area contributed by atoms with Crippen molar-refractivity contribution in [1.29, 1.82) is 0 Å². The second-order valence-corrected chi connectivity index (χ2v) is 1.90. The van der Waals surface area contributed by atoms with E-state index < -0.39 is 0 Å². The molecule has 1 rings (SSSR count). The van der Waals surface area contributed by atoms with Crippen LogP contribution in [0.4, 0.5) is 0 Å². The summed E-state index contributed by atoms with van der Waals surface area (Å²) in [6, 6.07) is 0. The molecule has 2 atom stereocenters. The second-order valence-electron chi connectivity index (χ2n) is 1.90. The highest BCUT2D eigenvalue weighted by Gasteiger charge is 2.17. The third-order valence-corrected chi connectivity index (χ3v) is 1.14. The van der Waals surface area contributed by atoms with E-state index in [1.165, 1.54) is 0 Å². The number of hydrogen-bond donors (Lipinski definition) is 3. The summed E-state index contributed by atoms with van der Waals surface area (Å²) in [6.45, 7) is 0.654. The van der Waals surface area contributed by atoms with Gasteiger partial charge in [0.05, 0.1) is 12.3 Å². The van der Waals surface area contributed by atoms with Gasteiger partial charge in [0.25, 0.3) is 0 Å². The van der Waals surface area contributed by atoms with Gasteiger partial charge in [-0.15, -0.1) is 0 Å². The Hall–Kier alpha value is -0.120. The van der Waals surface area contributed by atoms with Crippen LogP contribution in [0, 0.1) is 0 Å². The van der Waals surface area contributed by atoms with Crippen molar-refractivity contribution in [3.05, 3.63) is 0 Å². The molecule has 1 aliphatic rings. The molecule has 0 bridgehead atoms. The van der Waals surface area contributed by atoms with E-state index >= 15 is 0 Å². The van der Waals surface area contributed by atoms with Crippen molar-refractivity contribution in [2.75, 3.05) is 6.54 Å². The maximum Gasteiger partial charge on any atom is 0.0692 e. The number of hydrogen-bond acceptors (Lipinski definition) is 3. The first-order chi connectivity index (χ1) is 3.29. The van der Waals surface area contributed by atoms with Gasteiger partial charge in [0.15, 0.2) is 0 Å². The van der Waals surface area contributed by atoms with Crippen LogP contribution in [0.5, 0.6) is 0 Å². The van der Waals surface area contributed by atoms with Crippen LogP contribution in [0.25, 0.3) is 0 Å². The Labute approximate surface area is 42.5 Å². The van der Waals surface area contributed by atoms with E-state index in [0.29, 0.717) is 13.0 Å². The zero-order valence-electron chi connectivity index (χ0n) is 4.09. The third kappa shape index (κ3) is 1.12. The fourth-order valence-corrected chi connectivity index (χ4v) is 0.747. The van der Waals surface area contributed by atoms with E-state index in [9.17, 15) is 0 Å². The molecule has 0 aliphatic carbocycles. The minimum absolute atomic E-state index is 0.0231. The summed E-state index contributed by atoms with van der Waals surface area (Å²) in [7, 11) is 0. The molecule has 0 saturated carbocycles. The Morgan fingerprint density at radius 1 is 1.71 bits per heavy atom. The molecule has 0 amide bonds. The van der Waals surface area contributed by atoms with Gasteiger partial charge >= 0.3 is 0 Å². The molecule has 42 valence electrons. The SMILES string of the molecule is NC1C[C@@H](O)CN1. The maximum absolute atomic E-state index is 8.76. The normalized spacial score (nSPS) is 42.0. The van der Waals surface area contributed by atoms with Crippen LogP contribution in [0.3, 0.4) is 0 Å². The van der Waals surface area contributed by atoms with Gasteiger partial charge in [0.1, 0.15) is 0 Å². The minimum atomic E-state index is -0.213. The lowest BCUT2D eigenvalue weighted by atomic mass is 10.3. The van der Waals surface area contributed by atoms with Crippen LogP contribution in [0.1, 0.15) is 6.42 Å². The Bertz CT molecular complexity index is 58.7. The summed E-state index contributed by atoms with van der Waals surface area (Å²) in [5.41, 5.74) is 5.35. The summed E-state index contributed by atoms with van der Waals surface area (Å²) in [5.74, 6) is 0. The fraction of sp³-hybridized carbons (Fsp3) is 1.00. The van der Waals surface area contributed by atoms with E-state index in [-0.39, 0.29) is 12.3 Å². The molecule has 0 aromatic rings. The first kappa shape index (κ1) is 5.03. The standard InChI is InChI=1S/C4H10N2O/c5-4-1-3(7)2-6-4/h3-4,6-7H,1-2,5H2/t3-,4?/m1/s1. The quantitative estimate of drug-likeness (QED) is 0.353. The van der Waals surface area contributed by atoms with Gasteiger partial charge in [0.2, 0.25) is 0 Å². The summed E-state index contributed by atoms with van der Waals surface area (Å²) in [4.78, 5) is 0. The Morgan fingerprint density at radius 2 is 2.43 bits per heavy atom. The summed E-state index contributed by atoms with van der Waals surface area (Å²) in [6.07, 6.45) is 0.505. The number of nitrogens with one attached hydrogen (secondary N) is 1. The molecule has 1 aliphatic heterocycles. The van der Waals surface area contributed by atoms with Crippen LogP contribution in [0.15, 0.2) is 0 Å². The zero-order valence-corrected chi connectivity index (χ0v) is 4.09. The minimum Gasteiger partial charge on any atom is -0.392 e. The van der Waals surface area contributed by atoms with Gasteiger partial charge in [-0.3, -0.25) is 5.32 Å². The molecule has 7 heavy (non-hydrogen) atoms. The predicted molar refractivity (Wildman–Crippen MR) is 26.6 cm³/mol. The molecule has 1 fully saturated rings. The summed E-state index contributed by atoms with van der Waals surface area (Å²) in [5, 5.41) is 11.7. The highest BCUT2D eigenvalue weighted by molar-refractivity contribution is 4.75. The van der Waals surface area contributed by atoms with Gasteiger partial charge in [0, 0.05) is 13.0 Å². The average Bonchev–Trinajstić information content (AvgIpc) is 1.87. The van der Waals surface area contributed by atoms with E-state index in [1.807, 2.05) is 0 Å². The van der Waals surface area contributed by atoms with Gasteiger partial charge in [-0.2, -0.15) is 0 Å². The van der Waals surface area contributed by atoms with E-state index in [0.717, 1.165) is 0 Å². The van der Waals surface area contributed by atoms with Crippen molar-refractivity contribution in [2.24, 2.45) is 5.73 Å². The third-order valence-electron chi connectivity index (χ3n) is 1.14. The van der Waals surface area contributed by atoms with Crippen molar-refractivity contribution in [3.63, 3.8) is 0 Å². The molecule has 0 radical (unpaired) electrons. The van der Waals surface area contributed by atoms with Crippen LogP contribution in [-0.2, 0) is 0 Å². The first-order valence-corrected chi connectivity index (χ1v) is 2.46. The van der Waals surface area contributed by atoms with Crippen molar-refractivity contribution in [3.8, 4) is 0 Å². The zero-order chi connectivity index (χ0) is 5.28. The number of aliphatic hydroxyl groups is 1. The van der Waals surface area contributed by atoms with E-state index in [4.69, 9.17) is 10.8 Å². The molecule has 3 nitrogen and oxygen atoms in total. The number of β-amino-alcohol motifs (C(OH)–C–C–N with tert-alkyl or cyclic N) is 1.